The number of rotatable bonds is 1. The summed E-state index contributed by atoms with van der Waals surface area (Å²) in [5.74, 6) is 0.812. The van der Waals surface area contributed by atoms with Crippen molar-refractivity contribution in [1.29, 1.82) is 0 Å². The Labute approximate surface area is 88.2 Å². The van der Waals surface area contributed by atoms with Crippen molar-refractivity contribution in [1.82, 2.24) is 0 Å². The van der Waals surface area contributed by atoms with Crippen molar-refractivity contribution in [3.05, 3.63) is 12.2 Å². The van der Waals surface area contributed by atoms with Crippen molar-refractivity contribution in [2.24, 2.45) is 22.7 Å². The van der Waals surface area contributed by atoms with Crippen molar-refractivity contribution in [2.75, 3.05) is 0 Å². The predicted molar refractivity (Wildman–Crippen MR) is 61.0 cm³/mol. The van der Waals surface area contributed by atoms with Gasteiger partial charge in [0.15, 0.2) is 0 Å². The lowest BCUT2D eigenvalue weighted by molar-refractivity contribution is 0.0351. The summed E-state index contributed by atoms with van der Waals surface area (Å²) in [5, 5.41) is 10.2. The van der Waals surface area contributed by atoms with E-state index >= 15 is 0 Å². The Balaban J connectivity index is 2.73. The third-order valence-electron chi connectivity index (χ3n) is 3.24. The lowest BCUT2D eigenvalue weighted by atomic mass is 9.81. The lowest BCUT2D eigenvalue weighted by Gasteiger charge is -2.27. The van der Waals surface area contributed by atoms with E-state index in [0.29, 0.717) is 11.8 Å². The van der Waals surface area contributed by atoms with Gasteiger partial charge in [0.2, 0.25) is 0 Å². The van der Waals surface area contributed by atoms with Gasteiger partial charge in [0.1, 0.15) is 0 Å². The number of hydrogen-bond acceptors (Lipinski definition) is 1. The van der Waals surface area contributed by atoms with Crippen LogP contribution < -0.4 is 0 Å². The molecule has 1 rings (SSSR count). The summed E-state index contributed by atoms with van der Waals surface area (Å²) < 4.78 is 0. The van der Waals surface area contributed by atoms with Gasteiger partial charge in [-0.3, -0.25) is 0 Å². The van der Waals surface area contributed by atoms with Crippen molar-refractivity contribution >= 4 is 0 Å². The SMILES string of the molecule is C=C1C(C(O)C(C)(C)C)C1C(C)(C)C. The molecule has 1 fully saturated rings. The Morgan fingerprint density at radius 1 is 1.14 bits per heavy atom. The first-order valence-corrected chi connectivity index (χ1v) is 5.43. The van der Waals surface area contributed by atoms with Crippen LogP contribution in [0.3, 0.4) is 0 Å². The molecule has 1 aliphatic carbocycles. The molecule has 3 atom stereocenters. The van der Waals surface area contributed by atoms with Crippen LogP contribution in [0.4, 0.5) is 0 Å². The first-order valence-electron chi connectivity index (χ1n) is 5.43. The summed E-state index contributed by atoms with van der Waals surface area (Å²) >= 11 is 0. The molecular weight excluding hydrogens is 172 g/mol. The van der Waals surface area contributed by atoms with Crippen molar-refractivity contribution < 1.29 is 5.11 Å². The van der Waals surface area contributed by atoms with E-state index in [1.807, 2.05) is 0 Å². The van der Waals surface area contributed by atoms with E-state index in [9.17, 15) is 5.11 Å². The van der Waals surface area contributed by atoms with Gasteiger partial charge in [-0.2, -0.15) is 0 Å². The molecule has 1 heteroatoms. The maximum Gasteiger partial charge on any atom is 0.0659 e. The molecule has 0 bridgehead atoms. The first-order chi connectivity index (χ1) is 6.07. The van der Waals surface area contributed by atoms with Crippen LogP contribution in [0.25, 0.3) is 0 Å². The van der Waals surface area contributed by atoms with E-state index in [1.165, 1.54) is 5.57 Å². The molecule has 0 radical (unpaired) electrons. The minimum Gasteiger partial charge on any atom is -0.392 e. The van der Waals surface area contributed by atoms with E-state index in [1.54, 1.807) is 0 Å². The van der Waals surface area contributed by atoms with Crippen molar-refractivity contribution in [3.8, 4) is 0 Å². The van der Waals surface area contributed by atoms with Crippen LogP contribution in [0.5, 0.6) is 0 Å². The van der Waals surface area contributed by atoms with E-state index < -0.39 is 0 Å². The maximum absolute atomic E-state index is 10.2. The average Bonchev–Trinajstić information content (AvgIpc) is 2.56. The van der Waals surface area contributed by atoms with Crippen LogP contribution >= 0.6 is 0 Å². The van der Waals surface area contributed by atoms with E-state index in [0.717, 1.165) is 0 Å². The summed E-state index contributed by atoms with van der Waals surface area (Å²) in [6.07, 6.45) is -0.251. The van der Waals surface area contributed by atoms with Gasteiger partial charge >= 0.3 is 0 Å². The van der Waals surface area contributed by atoms with E-state index in [-0.39, 0.29) is 16.9 Å². The Bertz CT molecular complexity index is 239. The maximum atomic E-state index is 10.2. The predicted octanol–water partition coefficient (Wildman–Crippen LogP) is 3.24. The fourth-order valence-corrected chi connectivity index (χ4v) is 2.36. The highest BCUT2D eigenvalue weighted by Gasteiger charge is 2.54. The van der Waals surface area contributed by atoms with Gasteiger partial charge in [-0.25, -0.2) is 0 Å². The zero-order valence-electron chi connectivity index (χ0n) is 10.4. The van der Waals surface area contributed by atoms with E-state index in [2.05, 4.69) is 48.1 Å². The Hall–Kier alpha value is -0.300. The molecule has 82 valence electrons. The van der Waals surface area contributed by atoms with E-state index in [4.69, 9.17) is 0 Å². The molecule has 0 amide bonds. The normalized spacial score (nSPS) is 30.4. The van der Waals surface area contributed by atoms with Gasteiger partial charge < -0.3 is 5.11 Å². The summed E-state index contributed by atoms with van der Waals surface area (Å²) in [5.41, 5.74) is 1.45. The smallest absolute Gasteiger partial charge is 0.0659 e. The fourth-order valence-electron chi connectivity index (χ4n) is 2.36. The molecule has 0 saturated heterocycles. The molecule has 1 nitrogen and oxygen atoms in total. The average molecular weight is 196 g/mol. The molecule has 14 heavy (non-hydrogen) atoms. The number of hydrogen-bond donors (Lipinski definition) is 1. The minimum absolute atomic E-state index is 0.0341. The highest BCUT2D eigenvalue weighted by molar-refractivity contribution is 5.31. The topological polar surface area (TPSA) is 20.2 Å². The summed E-state index contributed by atoms with van der Waals surface area (Å²) in [6, 6.07) is 0. The van der Waals surface area contributed by atoms with Gasteiger partial charge in [-0.1, -0.05) is 53.7 Å². The largest absolute Gasteiger partial charge is 0.392 e. The molecule has 0 aliphatic heterocycles. The van der Waals surface area contributed by atoms with Crippen molar-refractivity contribution in [3.63, 3.8) is 0 Å². The van der Waals surface area contributed by atoms with Crippen LogP contribution in [0.2, 0.25) is 0 Å². The first kappa shape index (κ1) is 11.8. The second-order valence-corrected chi connectivity index (χ2v) is 6.76. The van der Waals surface area contributed by atoms with Crippen LogP contribution in [-0.4, -0.2) is 11.2 Å². The van der Waals surface area contributed by atoms with Gasteiger partial charge in [-0.15, -0.1) is 0 Å². The Kier molecular flexibility index (Phi) is 2.60. The molecule has 0 spiro atoms. The number of aliphatic hydroxyl groups excluding tert-OH is 1. The highest BCUT2D eigenvalue weighted by Crippen LogP contribution is 2.58. The standard InChI is InChI=1S/C13H24O/c1-8-9(10(8)12(2,3)4)11(14)13(5,6)7/h9-11,14H,1H2,2-7H3. The zero-order valence-corrected chi connectivity index (χ0v) is 10.4. The number of aliphatic hydroxyl groups is 1. The fraction of sp³-hybridized carbons (Fsp3) is 0.846. The molecule has 1 saturated carbocycles. The van der Waals surface area contributed by atoms with Crippen LogP contribution in [0.15, 0.2) is 12.2 Å². The molecule has 3 unspecified atom stereocenters. The molecular formula is C13H24O. The summed E-state index contributed by atoms with van der Waals surface area (Å²) in [4.78, 5) is 0. The molecule has 0 aromatic heterocycles. The quantitative estimate of drug-likeness (QED) is 0.638. The molecule has 0 aromatic carbocycles. The van der Waals surface area contributed by atoms with Gasteiger partial charge in [-0.05, 0) is 16.7 Å². The van der Waals surface area contributed by atoms with Crippen LogP contribution in [-0.2, 0) is 0 Å². The zero-order chi connectivity index (χ0) is 11.3. The highest BCUT2D eigenvalue weighted by atomic mass is 16.3. The van der Waals surface area contributed by atoms with Crippen molar-refractivity contribution in [2.45, 2.75) is 47.6 Å². The Morgan fingerprint density at radius 2 is 1.57 bits per heavy atom. The molecule has 0 aromatic rings. The second-order valence-electron chi connectivity index (χ2n) is 6.76. The molecule has 1 aliphatic rings. The Morgan fingerprint density at radius 3 is 1.79 bits per heavy atom. The monoisotopic (exact) mass is 196 g/mol. The third kappa shape index (κ3) is 2.03. The second kappa shape index (κ2) is 3.10. The lowest BCUT2D eigenvalue weighted by Crippen LogP contribution is -2.30. The van der Waals surface area contributed by atoms with Gasteiger partial charge in [0.25, 0.3) is 0 Å². The molecule has 0 heterocycles. The van der Waals surface area contributed by atoms with Crippen LogP contribution in [0, 0.1) is 22.7 Å². The summed E-state index contributed by atoms with van der Waals surface area (Å²) in [7, 11) is 0. The molecule has 1 N–H and O–H groups in total. The van der Waals surface area contributed by atoms with Gasteiger partial charge in [0, 0.05) is 5.92 Å². The van der Waals surface area contributed by atoms with Gasteiger partial charge in [0.05, 0.1) is 6.10 Å². The third-order valence-corrected chi connectivity index (χ3v) is 3.24. The summed E-state index contributed by atoms with van der Waals surface area (Å²) in [6.45, 7) is 17.0. The van der Waals surface area contributed by atoms with Crippen LogP contribution in [0.1, 0.15) is 41.5 Å². The minimum atomic E-state index is -0.251.